The molecule has 0 radical (unpaired) electrons. The molecule has 1 saturated carbocycles. The molecule has 1 aliphatic carbocycles. The molecule has 0 bridgehead atoms. The number of pyridine rings is 1. The smallest absolute Gasteiger partial charge is 0.259 e. The van der Waals surface area contributed by atoms with Crippen molar-refractivity contribution in [3.63, 3.8) is 0 Å². The third-order valence-corrected chi connectivity index (χ3v) is 5.80. The molecule has 1 aromatic carbocycles. The van der Waals surface area contributed by atoms with Crippen LogP contribution in [0.4, 0.5) is 0 Å². The van der Waals surface area contributed by atoms with Gasteiger partial charge in [-0.05, 0) is 18.9 Å². The first-order chi connectivity index (χ1) is 14.3. The third kappa shape index (κ3) is 2.73. The van der Waals surface area contributed by atoms with Gasteiger partial charge in [-0.15, -0.1) is 0 Å². The quantitative estimate of drug-likeness (QED) is 0.581. The molecule has 6 rings (SSSR count). The van der Waals surface area contributed by atoms with E-state index in [2.05, 4.69) is 20.1 Å². The second-order valence-electron chi connectivity index (χ2n) is 7.75. The average molecular weight is 385 g/mol. The van der Waals surface area contributed by atoms with Crippen LogP contribution in [0.1, 0.15) is 46.2 Å². The predicted molar refractivity (Wildman–Crippen MR) is 106 cm³/mol. The van der Waals surface area contributed by atoms with E-state index in [9.17, 15) is 4.79 Å². The molecule has 0 saturated heterocycles. The van der Waals surface area contributed by atoms with Crippen molar-refractivity contribution in [1.82, 2.24) is 25.0 Å². The monoisotopic (exact) mass is 385 g/mol. The Labute approximate surface area is 166 Å². The number of hydrogen-bond acceptors (Lipinski definition) is 5. The van der Waals surface area contributed by atoms with Gasteiger partial charge in [-0.2, -0.15) is 0 Å². The van der Waals surface area contributed by atoms with Gasteiger partial charge in [0.15, 0.2) is 0 Å². The van der Waals surface area contributed by atoms with E-state index in [0.29, 0.717) is 41.4 Å². The normalized spacial score (nSPS) is 16.2. The molecular formula is C22H19N5O2. The van der Waals surface area contributed by atoms with E-state index in [0.717, 1.165) is 41.9 Å². The number of amides is 1. The summed E-state index contributed by atoms with van der Waals surface area (Å²) in [4.78, 5) is 27.7. The van der Waals surface area contributed by atoms with Gasteiger partial charge in [-0.3, -0.25) is 4.79 Å². The van der Waals surface area contributed by atoms with Crippen molar-refractivity contribution in [2.24, 2.45) is 0 Å². The lowest BCUT2D eigenvalue weighted by Crippen LogP contribution is -2.36. The summed E-state index contributed by atoms with van der Waals surface area (Å²) in [6.45, 7) is 1.17. The molecule has 144 valence electrons. The van der Waals surface area contributed by atoms with Crippen LogP contribution >= 0.6 is 0 Å². The minimum Gasteiger partial charge on any atom is -0.347 e. The van der Waals surface area contributed by atoms with Crippen molar-refractivity contribution < 1.29 is 9.32 Å². The molecule has 29 heavy (non-hydrogen) atoms. The van der Waals surface area contributed by atoms with Gasteiger partial charge >= 0.3 is 0 Å². The van der Waals surface area contributed by atoms with Gasteiger partial charge in [0.1, 0.15) is 5.69 Å². The maximum Gasteiger partial charge on any atom is 0.259 e. The molecule has 7 nitrogen and oxygen atoms in total. The third-order valence-electron chi connectivity index (χ3n) is 5.80. The Morgan fingerprint density at radius 1 is 1.21 bits per heavy atom. The fourth-order valence-corrected chi connectivity index (χ4v) is 4.08. The van der Waals surface area contributed by atoms with Crippen molar-refractivity contribution in [3.8, 4) is 11.3 Å². The zero-order valence-corrected chi connectivity index (χ0v) is 15.8. The van der Waals surface area contributed by atoms with Gasteiger partial charge in [-0.25, -0.2) is 9.97 Å². The summed E-state index contributed by atoms with van der Waals surface area (Å²) < 4.78 is 5.60. The SMILES string of the molecule is O=C(c1cc(C2CC2)nc2onc(-c3ccccc3)c12)N1CCc2nc[nH]c2C1. The highest BCUT2D eigenvalue weighted by molar-refractivity contribution is 6.09. The molecule has 2 aliphatic rings. The second kappa shape index (κ2) is 6.27. The standard InChI is InChI=1S/C22H19N5O2/c28-22(27-9-8-16-18(11-27)24-12-23-16)15-10-17(13-6-7-13)25-21-19(15)20(26-29-21)14-4-2-1-3-5-14/h1-5,10,12-13H,6-9,11H2,(H,23,24). The molecular weight excluding hydrogens is 366 g/mol. The van der Waals surface area contributed by atoms with Crippen molar-refractivity contribution in [1.29, 1.82) is 0 Å². The zero-order chi connectivity index (χ0) is 19.4. The molecule has 0 atom stereocenters. The zero-order valence-electron chi connectivity index (χ0n) is 15.8. The summed E-state index contributed by atoms with van der Waals surface area (Å²) in [5.41, 5.74) is 5.62. The summed E-state index contributed by atoms with van der Waals surface area (Å²) >= 11 is 0. The number of imidazole rings is 1. The van der Waals surface area contributed by atoms with Crippen LogP contribution in [-0.4, -0.2) is 37.5 Å². The van der Waals surface area contributed by atoms with Crippen molar-refractivity contribution >= 4 is 17.0 Å². The molecule has 3 aromatic heterocycles. The summed E-state index contributed by atoms with van der Waals surface area (Å²) in [7, 11) is 0. The van der Waals surface area contributed by atoms with Gasteiger partial charge in [0.2, 0.25) is 0 Å². The highest BCUT2D eigenvalue weighted by Crippen LogP contribution is 2.41. The molecule has 4 aromatic rings. The first-order valence-corrected chi connectivity index (χ1v) is 9.94. The van der Waals surface area contributed by atoms with Gasteiger partial charge in [0, 0.05) is 30.1 Å². The Balaban J connectivity index is 1.49. The van der Waals surface area contributed by atoms with Crippen LogP contribution in [-0.2, 0) is 13.0 Å². The summed E-state index contributed by atoms with van der Waals surface area (Å²) in [6, 6.07) is 11.8. The largest absolute Gasteiger partial charge is 0.347 e. The number of nitrogens with one attached hydrogen (secondary N) is 1. The Hall–Kier alpha value is -3.48. The Kier molecular flexibility index (Phi) is 3.56. The van der Waals surface area contributed by atoms with Crippen LogP contribution in [0.2, 0.25) is 0 Å². The fraction of sp³-hybridized carbons (Fsp3) is 0.273. The highest BCUT2D eigenvalue weighted by atomic mass is 16.5. The van der Waals surface area contributed by atoms with E-state index in [1.54, 1.807) is 6.33 Å². The Morgan fingerprint density at radius 2 is 2.07 bits per heavy atom. The number of fused-ring (bicyclic) bond motifs is 2. The van der Waals surface area contributed by atoms with Crippen LogP contribution < -0.4 is 0 Å². The average Bonchev–Trinajstić information content (AvgIpc) is 3.36. The van der Waals surface area contributed by atoms with E-state index in [4.69, 9.17) is 4.52 Å². The van der Waals surface area contributed by atoms with E-state index in [1.165, 1.54) is 0 Å². The van der Waals surface area contributed by atoms with Gasteiger partial charge < -0.3 is 14.4 Å². The lowest BCUT2D eigenvalue weighted by atomic mass is 10.0. The van der Waals surface area contributed by atoms with Crippen molar-refractivity contribution in [2.45, 2.75) is 31.7 Å². The predicted octanol–water partition coefficient (Wildman–Crippen LogP) is 3.69. The number of aromatic amines is 1. The maximum atomic E-state index is 13.6. The molecule has 4 heterocycles. The number of aromatic nitrogens is 4. The maximum absolute atomic E-state index is 13.6. The number of H-pyrrole nitrogens is 1. The van der Waals surface area contributed by atoms with Crippen LogP contribution in [0.3, 0.4) is 0 Å². The summed E-state index contributed by atoms with van der Waals surface area (Å²) in [5, 5.41) is 4.97. The number of benzene rings is 1. The van der Waals surface area contributed by atoms with E-state index < -0.39 is 0 Å². The first-order valence-electron chi connectivity index (χ1n) is 9.94. The van der Waals surface area contributed by atoms with Crippen LogP contribution in [0.25, 0.3) is 22.4 Å². The number of rotatable bonds is 3. The molecule has 1 fully saturated rings. The number of hydrogen-bond donors (Lipinski definition) is 1. The minimum absolute atomic E-state index is 0.0140. The molecule has 1 N–H and O–H groups in total. The molecule has 7 heteroatoms. The number of carbonyl (C=O) groups excluding carboxylic acids is 1. The van der Waals surface area contributed by atoms with E-state index in [1.807, 2.05) is 41.3 Å². The molecule has 1 amide bonds. The van der Waals surface area contributed by atoms with Gasteiger partial charge in [0.05, 0.1) is 35.2 Å². The molecule has 1 aliphatic heterocycles. The van der Waals surface area contributed by atoms with Crippen molar-refractivity contribution in [2.75, 3.05) is 6.54 Å². The topological polar surface area (TPSA) is 87.9 Å². The molecule has 0 spiro atoms. The van der Waals surface area contributed by atoms with Gasteiger partial charge in [0.25, 0.3) is 11.6 Å². The highest BCUT2D eigenvalue weighted by Gasteiger charge is 2.31. The first kappa shape index (κ1) is 16.5. The van der Waals surface area contributed by atoms with Crippen molar-refractivity contribution in [3.05, 3.63) is 65.4 Å². The number of carbonyl (C=O) groups is 1. The Bertz CT molecular complexity index is 1220. The minimum atomic E-state index is -0.0140. The number of nitrogens with zero attached hydrogens (tertiary/aromatic N) is 4. The van der Waals surface area contributed by atoms with Crippen LogP contribution in [0.5, 0.6) is 0 Å². The van der Waals surface area contributed by atoms with Crippen LogP contribution in [0, 0.1) is 0 Å². The fourth-order valence-electron chi connectivity index (χ4n) is 4.08. The molecule has 0 unspecified atom stereocenters. The van der Waals surface area contributed by atoms with Crippen LogP contribution in [0.15, 0.2) is 47.2 Å². The second-order valence-corrected chi connectivity index (χ2v) is 7.75. The lowest BCUT2D eigenvalue weighted by Gasteiger charge is -2.26. The summed E-state index contributed by atoms with van der Waals surface area (Å²) in [5.74, 6) is 0.400. The lowest BCUT2D eigenvalue weighted by molar-refractivity contribution is 0.0733. The van der Waals surface area contributed by atoms with Gasteiger partial charge in [-0.1, -0.05) is 35.5 Å². The van der Waals surface area contributed by atoms with E-state index in [-0.39, 0.29) is 5.91 Å². The van der Waals surface area contributed by atoms with E-state index >= 15 is 0 Å². The summed E-state index contributed by atoms with van der Waals surface area (Å²) in [6.07, 6.45) is 4.66. The Morgan fingerprint density at radius 3 is 2.90 bits per heavy atom.